The zero-order valence-electron chi connectivity index (χ0n) is 22.0. The number of hydroxylamine groups is 2. The van der Waals surface area contributed by atoms with E-state index >= 15 is 0 Å². The van der Waals surface area contributed by atoms with E-state index in [0.717, 1.165) is 12.8 Å². The first kappa shape index (κ1) is 31.6. The third-order valence-corrected chi connectivity index (χ3v) is 7.06. The number of carbonyl (C=O) groups excluding carboxylic acids is 1. The van der Waals surface area contributed by atoms with Crippen LogP contribution >= 0.6 is 0 Å². The fourth-order valence-electron chi connectivity index (χ4n) is 4.89. The van der Waals surface area contributed by atoms with Gasteiger partial charge in [-0.2, -0.15) is 0 Å². The lowest BCUT2D eigenvalue weighted by Crippen LogP contribution is -2.39. The highest BCUT2D eigenvalue weighted by Crippen LogP contribution is 2.21. The summed E-state index contributed by atoms with van der Waals surface area (Å²) >= 11 is 0. The maximum absolute atomic E-state index is 12.4. The molecule has 0 fully saturated rings. The Morgan fingerprint density at radius 3 is 1.19 bits per heavy atom. The molecule has 0 heterocycles. The van der Waals surface area contributed by atoms with Crippen LogP contribution in [0.3, 0.4) is 0 Å². The van der Waals surface area contributed by atoms with E-state index in [1.807, 2.05) is 13.8 Å². The largest absolute Gasteiger partial charge is 0.299 e. The molecule has 32 heavy (non-hydrogen) atoms. The molecule has 0 rings (SSSR count). The van der Waals surface area contributed by atoms with Crippen LogP contribution in [0.1, 0.15) is 162 Å². The number of hydrogen-bond donors (Lipinski definition) is 2. The van der Waals surface area contributed by atoms with Gasteiger partial charge in [-0.15, -0.1) is 0 Å². The lowest BCUT2D eigenvalue weighted by atomic mass is 9.88. The van der Waals surface area contributed by atoms with Crippen LogP contribution in [0, 0.1) is 5.92 Å². The summed E-state index contributed by atoms with van der Waals surface area (Å²) in [5, 5.41) is 18.9. The van der Waals surface area contributed by atoms with E-state index in [0.29, 0.717) is 19.3 Å². The van der Waals surface area contributed by atoms with Gasteiger partial charge >= 0.3 is 0 Å². The van der Waals surface area contributed by atoms with Gasteiger partial charge < -0.3 is 0 Å². The second kappa shape index (κ2) is 23.7. The average Bonchev–Trinajstić information content (AvgIpc) is 2.78. The first-order valence-corrected chi connectivity index (χ1v) is 14.3. The molecule has 0 radical (unpaired) electrons. The highest BCUT2D eigenvalue weighted by Gasteiger charge is 2.28. The standard InChI is InChI=1S/C28H57NO3/c1-4-7-8-9-10-11-12-13-14-15-16-17-18-19-20-21-22-23-24-25-28(30)26(5-2)27(6-3)29(31)32/h26-27,31-32H,4-25H2,1-3H3. The van der Waals surface area contributed by atoms with Crippen LogP contribution in [-0.4, -0.2) is 27.5 Å². The summed E-state index contributed by atoms with van der Waals surface area (Å²) in [7, 11) is 0. The Balaban J connectivity index is 3.40. The van der Waals surface area contributed by atoms with Crippen LogP contribution in [-0.2, 0) is 4.79 Å². The van der Waals surface area contributed by atoms with Crippen molar-refractivity contribution in [3.8, 4) is 0 Å². The molecular weight excluding hydrogens is 398 g/mol. The minimum atomic E-state index is -0.479. The second-order valence-electron chi connectivity index (χ2n) is 9.89. The molecule has 4 heteroatoms. The van der Waals surface area contributed by atoms with Gasteiger partial charge in [0, 0.05) is 12.3 Å². The van der Waals surface area contributed by atoms with E-state index < -0.39 is 6.04 Å². The Kier molecular flexibility index (Phi) is 23.4. The van der Waals surface area contributed by atoms with Gasteiger partial charge in [-0.25, -0.2) is 0 Å². The fourth-order valence-corrected chi connectivity index (χ4v) is 4.89. The van der Waals surface area contributed by atoms with Crippen molar-refractivity contribution in [3.05, 3.63) is 0 Å². The molecular formula is C28H57NO3. The Labute approximate surface area is 200 Å². The average molecular weight is 456 g/mol. The van der Waals surface area contributed by atoms with Gasteiger partial charge in [0.05, 0.1) is 6.04 Å². The van der Waals surface area contributed by atoms with Gasteiger partial charge in [0.1, 0.15) is 5.78 Å². The molecule has 0 amide bonds. The van der Waals surface area contributed by atoms with Crippen LogP contribution in [0.2, 0.25) is 0 Å². The molecule has 4 nitrogen and oxygen atoms in total. The van der Waals surface area contributed by atoms with Crippen LogP contribution in [0.4, 0.5) is 0 Å². The third kappa shape index (κ3) is 18.0. The molecule has 0 spiro atoms. The number of rotatable bonds is 25. The monoisotopic (exact) mass is 455 g/mol. The van der Waals surface area contributed by atoms with Crippen molar-refractivity contribution in [2.75, 3.05) is 0 Å². The predicted octanol–water partition coefficient (Wildman–Crippen LogP) is 9.26. The van der Waals surface area contributed by atoms with Gasteiger partial charge in [0.15, 0.2) is 0 Å². The summed E-state index contributed by atoms with van der Waals surface area (Å²) in [6.07, 6.45) is 27.5. The van der Waals surface area contributed by atoms with E-state index in [-0.39, 0.29) is 16.9 Å². The number of carbonyl (C=O) groups is 1. The molecule has 2 N–H and O–H groups in total. The highest BCUT2D eigenvalue weighted by molar-refractivity contribution is 5.81. The second-order valence-corrected chi connectivity index (χ2v) is 9.89. The highest BCUT2D eigenvalue weighted by atomic mass is 16.8. The van der Waals surface area contributed by atoms with E-state index in [1.54, 1.807) is 0 Å². The molecule has 0 saturated heterocycles. The van der Waals surface area contributed by atoms with Crippen molar-refractivity contribution in [1.29, 1.82) is 0 Å². The van der Waals surface area contributed by atoms with E-state index in [1.165, 1.54) is 109 Å². The molecule has 0 aliphatic heterocycles. The van der Waals surface area contributed by atoms with E-state index in [9.17, 15) is 15.2 Å². The van der Waals surface area contributed by atoms with E-state index in [2.05, 4.69) is 6.92 Å². The minimum absolute atomic E-state index is 0.180. The number of ketones is 1. The van der Waals surface area contributed by atoms with Gasteiger partial charge in [-0.05, 0) is 19.3 Å². The van der Waals surface area contributed by atoms with Crippen molar-refractivity contribution in [3.63, 3.8) is 0 Å². The quantitative estimate of drug-likeness (QED) is 0.106. The van der Waals surface area contributed by atoms with Gasteiger partial charge in [0.25, 0.3) is 0 Å². The van der Waals surface area contributed by atoms with Crippen molar-refractivity contribution < 1.29 is 15.2 Å². The minimum Gasteiger partial charge on any atom is -0.299 e. The third-order valence-electron chi connectivity index (χ3n) is 7.06. The molecule has 0 aromatic heterocycles. The van der Waals surface area contributed by atoms with Crippen LogP contribution in [0.15, 0.2) is 0 Å². The summed E-state index contributed by atoms with van der Waals surface area (Å²) in [5.41, 5.74) is 0. The summed E-state index contributed by atoms with van der Waals surface area (Å²) in [6.45, 7) is 6.12. The maximum Gasteiger partial charge on any atom is 0.137 e. The Morgan fingerprint density at radius 1 is 0.562 bits per heavy atom. The molecule has 0 aromatic rings. The van der Waals surface area contributed by atoms with Crippen molar-refractivity contribution >= 4 is 5.78 Å². The smallest absolute Gasteiger partial charge is 0.137 e. The number of nitrogens with zero attached hydrogens (tertiary/aromatic N) is 1. The first-order chi connectivity index (χ1) is 15.6. The molecule has 0 bridgehead atoms. The van der Waals surface area contributed by atoms with Crippen LogP contribution in [0.5, 0.6) is 0 Å². The lowest BCUT2D eigenvalue weighted by Gasteiger charge is -2.26. The van der Waals surface area contributed by atoms with Gasteiger partial charge in [0.2, 0.25) is 0 Å². The fraction of sp³-hybridized carbons (Fsp3) is 0.964. The molecule has 2 unspecified atom stereocenters. The molecule has 2 atom stereocenters. The predicted molar refractivity (Wildman–Crippen MR) is 136 cm³/mol. The normalized spacial score (nSPS) is 13.6. The zero-order valence-corrected chi connectivity index (χ0v) is 22.0. The number of Topliss-reactive ketones (excluding diaryl/α,β-unsaturated/α-hetero) is 1. The SMILES string of the molecule is CCCCCCCCCCCCCCCCCCCCCC(=O)C(CC)C(CC)N(O)O. The van der Waals surface area contributed by atoms with Crippen molar-refractivity contribution in [2.24, 2.45) is 5.92 Å². The zero-order chi connectivity index (χ0) is 23.9. The summed E-state index contributed by atoms with van der Waals surface area (Å²) in [5.74, 6) is -0.0926. The van der Waals surface area contributed by atoms with Crippen LogP contribution < -0.4 is 0 Å². The molecule has 0 saturated carbocycles. The van der Waals surface area contributed by atoms with E-state index in [4.69, 9.17) is 0 Å². The summed E-state index contributed by atoms with van der Waals surface area (Å²) < 4.78 is 0. The Morgan fingerprint density at radius 2 is 0.906 bits per heavy atom. The summed E-state index contributed by atoms with van der Waals surface area (Å²) in [4.78, 5) is 12.4. The Hall–Kier alpha value is -0.450. The van der Waals surface area contributed by atoms with Crippen molar-refractivity contribution in [1.82, 2.24) is 5.23 Å². The lowest BCUT2D eigenvalue weighted by molar-refractivity contribution is -0.338. The molecule has 0 aromatic carbocycles. The van der Waals surface area contributed by atoms with Gasteiger partial charge in [-0.1, -0.05) is 142 Å². The topological polar surface area (TPSA) is 60.8 Å². The molecule has 0 aliphatic rings. The Bertz CT molecular complexity index is 400. The summed E-state index contributed by atoms with van der Waals surface area (Å²) in [6, 6.07) is -0.479. The molecule has 192 valence electrons. The number of hydrogen-bond acceptors (Lipinski definition) is 4. The van der Waals surface area contributed by atoms with Crippen LogP contribution in [0.25, 0.3) is 0 Å². The first-order valence-electron chi connectivity index (χ1n) is 14.3. The number of unbranched alkanes of at least 4 members (excludes halogenated alkanes) is 18. The molecule has 0 aliphatic carbocycles. The maximum atomic E-state index is 12.4. The van der Waals surface area contributed by atoms with Crippen molar-refractivity contribution in [2.45, 2.75) is 168 Å². The van der Waals surface area contributed by atoms with Gasteiger partial charge in [-0.3, -0.25) is 15.2 Å².